The topological polar surface area (TPSA) is 69.8 Å². The van der Waals surface area contributed by atoms with E-state index in [0.29, 0.717) is 5.56 Å². The molecular weight excluding hydrogens is 280 g/mol. The molecule has 22 heavy (non-hydrogen) atoms. The van der Waals surface area contributed by atoms with Gasteiger partial charge in [0.2, 0.25) is 0 Å². The van der Waals surface area contributed by atoms with Gasteiger partial charge in [0.05, 0.1) is 0 Å². The lowest BCUT2D eigenvalue weighted by molar-refractivity contribution is 0.0955. The third-order valence-corrected chi connectivity index (χ3v) is 3.07. The first-order valence-electron chi connectivity index (χ1n) is 6.57. The molecule has 0 amide bonds. The lowest BCUT2D eigenvalue weighted by Gasteiger charge is -2.01. The van der Waals surface area contributed by atoms with E-state index in [9.17, 15) is 9.59 Å². The van der Waals surface area contributed by atoms with Crippen LogP contribution in [0.4, 0.5) is 0 Å². The minimum absolute atomic E-state index is 0.150. The van der Waals surface area contributed by atoms with E-state index in [0.717, 1.165) is 5.56 Å². The van der Waals surface area contributed by atoms with Crippen LogP contribution in [-0.2, 0) is 0 Å². The molecule has 0 bridgehead atoms. The van der Waals surface area contributed by atoms with Crippen molar-refractivity contribution in [1.29, 1.82) is 0 Å². The molecule has 0 saturated heterocycles. The second-order valence-corrected chi connectivity index (χ2v) is 4.54. The molecule has 0 radical (unpaired) electrons. The first kappa shape index (κ1) is 13.7. The Hall–Kier alpha value is -3.28. The number of aromatic nitrogens is 4. The summed E-state index contributed by atoms with van der Waals surface area (Å²) in [5.41, 5.74) is 1.38. The predicted molar refractivity (Wildman–Crippen MR) is 80.3 cm³/mol. The average Bonchev–Trinajstić information content (AvgIpc) is 3.25. The van der Waals surface area contributed by atoms with Gasteiger partial charge in [-0.2, -0.15) is 0 Å². The van der Waals surface area contributed by atoms with Gasteiger partial charge in [-0.15, -0.1) is 0 Å². The van der Waals surface area contributed by atoms with Crippen molar-refractivity contribution in [3.8, 4) is 0 Å². The summed E-state index contributed by atoms with van der Waals surface area (Å²) in [6.07, 6.45) is 12.3. The van der Waals surface area contributed by atoms with Gasteiger partial charge in [0, 0.05) is 36.4 Å². The van der Waals surface area contributed by atoms with Gasteiger partial charge in [-0.25, -0.2) is 9.97 Å². The van der Waals surface area contributed by atoms with Gasteiger partial charge in [-0.1, -0.05) is 12.1 Å². The summed E-state index contributed by atoms with van der Waals surface area (Å²) in [4.78, 5) is 31.5. The minimum Gasteiger partial charge on any atom is -0.273 e. The zero-order valence-electron chi connectivity index (χ0n) is 11.5. The Bertz CT molecular complexity index is 800. The van der Waals surface area contributed by atoms with Crippen molar-refractivity contribution >= 4 is 17.9 Å². The number of hydrogen-bond donors (Lipinski definition) is 0. The van der Waals surface area contributed by atoms with Crippen LogP contribution in [0.3, 0.4) is 0 Å². The Kier molecular flexibility index (Phi) is 3.74. The predicted octanol–water partition coefficient (Wildman–Crippen LogP) is 2.12. The van der Waals surface area contributed by atoms with Gasteiger partial charge in [-0.05, 0) is 23.8 Å². The number of nitrogens with zero attached hydrogens (tertiary/aromatic N) is 4. The molecule has 2 heterocycles. The van der Waals surface area contributed by atoms with E-state index in [-0.39, 0.29) is 11.8 Å². The smallest absolute Gasteiger partial charge is 0.263 e. The van der Waals surface area contributed by atoms with Crippen molar-refractivity contribution in [2.75, 3.05) is 0 Å². The van der Waals surface area contributed by atoms with Crippen LogP contribution in [0.1, 0.15) is 20.7 Å². The first-order valence-corrected chi connectivity index (χ1v) is 6.57. The maximum absolute atomic E-state index is 12.1. The van der Waals surface area contributed by atoms with E-state index < -0.39 is 0 Å². The second-order valence-electron chi connectivity index (χ2n) is 4.54. The molecule has 0 aliphatic carbocycles. The van der Waals surface area contributed by atoms with Crippen LogP contribution in [0.5, 0.6) is 0 Å². The molecule has 6 nitrogen and oxygen atoms in total. The van der Waals surface area contributed by atoms with E-state index >= 15 is 0 Å². The van der Waals surface area contributed by atoms with Crippen molar-refractivity contribution in [2.45, 2.75) is 0 Å². The zero-order valence-corrected chi connectivity index (χ0v) is 11.5. The van der Waals surface area contributed by atoms with Crippen LogP contribution < -0.4 is 0 Å². The number of imidazole rings is 2. The fraction of sp³-hybridized carbons (Fsp3) is 0. The number of hydrogen-bond acceptors (Lipinski definition) is 4. The van der Waals surface area contributed by atoms with Crippen LogP contribution in [0, 0.1) is 0 Å². The Morgan fingerprint density at radius 1 is 0.909 bits per heavy atom. The average molecular weight is 292 g/mol. The van der Waals surface area contributed by atoms with Crippen LogP contribution in [0.2, 0.25) is 0 Å². The summed E-state index contributed by atoms with van der Waals surface area (Å²) < 4.78 is 2.79. The fourth-order valence-corrected chi connectivity index (χ4v) is 1.91. The maximum Gasteiger partial charge on any atom is 0.263 e. The van der Waals surface area contributed by atoms with E-state index in [1.54, 1.807) is 55.1 Å². The largest absolute Gasteiger partial charge is 0.273 e. The Balaban J connectivity index is 1.72. The molecule has 2 aromatic heterocycles. The summed E-state index contributed by atoms with van der Waals surface area (Å²) in [5.74, 6) is -0.335. The number of rotatable bonds is 3. The lowest BCUT2D eigenvalue weighted by Crippen LogP contribution is -2.09. The highest BCUT2D eigenvalue weighted by atomic mass is 16.2. The number of carbonyl (C=O) groups excluding carboxylic acids is 2. The van der Waals surface area contributed by atoms with Gasteiger partial charge in [0.1, 0.15) is 12.7 Å². The van der Waals surface area contributed by atoms with E-state index in [1.165, 1.54) is 27.9 Å². The van der Waals surface area contributed by atoms with Crippen molar-refractivity contribution in [1.82, 2.24) is 19.1 Å². The van der Waals surface area contributed by atoms with E-state index in [4.69, 9.17) is 0 Å². The van der Waals surface area contributed by atoms with E-state index in [1.807, 2.05) is 0 Å². The number of allylic oxidation sites excluding steroid dienone is 1. The SMILES string of the molecule is O=C(/C=C/c1ccc(C(=O)n2ccnc2)cc1)n1ccnc1. The van der Waals surface area contributed by atoms with E-state index in [2.05, 4.69) is 9.97 Å². The molecule has 3 aromatic rings. The minimum atomic E-state index is -0.184. The molecule has 0 spiro atoms. The number of benzene rings is 1. The summed E-state index contributed by atoms with van der Waals surface area (Å²) >= 11 is 0. The van der Waals surface area contributed by atoms with Crippen molar-refractivity contribution < 1.29 is 9.59 Å². The second kappa shape index (κ2) is 6.01. The molecule has 6 heteroatoms. The molecule has 3 rings (SSSR count). The maximum atomic E-state index is 12.1. The zero-order chi connectivity index (χ0) is 15.4. The number of carbonyl (C=O) groups is 2. The molecule has 0 atom stereocenters. The Morgan fingerprint density at radius 3 is 2.14 bits per heavy atom. The standard InChI is InChI=1S/C16H12N4O2/c21-15(19-9-7-17-11-19)6-3-13-1-4-14(5-2-13)16(22)20-10-8-18-12-20/h1-12H/b6-3+. The summed E-state index contributed by atoms with van der Waals surface area (Å²) in [7, 11) is 0. The molecule has 108 valence electrons. The van der Waals surface area contributed by atoms with Gasteiger partial charge in [0.25, 0.3) is 11.8 Å². The van der Waals surface area contributed by atoms with Crippen LogP contribution in [0.15, 0.2) is 67.8 Å². The molecule has 0 aliphatic rings. The monoisotopic (exact) mass is 292 g/mol. The molecule has 1 aromatic carbocycles. The first-order chi connectivity index (χ1) is 10.7. The van der Waals surface area contributed by atoms with Crippen LogP contribution >= 0.6 is 0 Å². The third-order valence-electron chi connectivity index (χ3n) is 3.07. The van der Waals surface area contributed by atoms with Gasteiger partial charge >= 0.3 is 0 Å². The molecule has 0 unspecified atom stereocenters. The highest BCUT2D eigenvalue weighted by Crippen LogP contribution is 2.08. The molecule has 0 aliphatic heterocycles. The normalized spacial score (nSPS) is 10.9. The molecule has 0 fully saturated rings. The molecule has 0 N–H and O–H groups in total. The quantitative estimate of drug-likeness (QED) is 0.693. The summed E-state index contributed by atoms with van der Waals surface area (Å²) in [5, 5.41) is 0. The third kappa shape index (κ3) is 2.90. The fourth-order valence-electron chi connectivity index (χ4n) is 1.91. The highest BCUT2D eigenvalue weighted by molar-refractivity contribution is 5.96. The van der Waals surface area contributed by atoms with Crippen molar-refractivity contribution in [3.05, 3.63) is 78.9 Å². The lowest BCUT2D eigenvalue weighted by atomic mass is 10.1. The van der Waals surface area contributed by atoms with Crippen molar-refractivity contribution in [2.24, 2.45) is 0 Å². The van der Waals surface area contributed by atoms with Crippen LogP contribution in [-0.4, -0.2) is 30.9 Å². The Labute approximate surface area is 126 Å². The molecule has 0 saturated carbocycles. The summed E-state index contributed by atoms with van der Waals surface area (Å²) in [6.45, 7) is 0. The molecular formula is C16H12N4O2. The Morgan fingerprint density at radius 2 is 1.55 bits per heavy atom. The van der Waals surface area contributed by atoms with Crippen LogP contribution in [0.25, 0.3) is 6.08 Å². The van der Waals surface area contributed by atoms with Gasteiger partial charge in [-0.3, -0.25) is 18.7 Å². The highest BCUT2D eigenvalue weighted by Gasteiger charge is 2.06. The van der Waals surface area contributed by atoms with Gasteiger partial charge in [0.15, 0.2) is 0 Å². The summed E-state index contributed by atoms with van der Waals surface area (Å²) in [6, 6.07) is 6.98. The van der Waals surface area contributed by atoms with Crippen molar-refractivity contribution in [3.63, 3.8) is 0 Å². The van der Waals surface area contributed by atoms with Gasteiger partial charge < -0.3 is 0 Å².